The third-order valence-corrected chi connectivity index (χ3v) is 6.49. The first-order chi connectivity index (χ1) is 19.5. The summed E-state index contributed by atoms with van der Waals surface area (Å²) in [5.41, 5.74) is -0.984. The Kier molecular flexibility index (Phi) is 7.84. The van der Waals surface area contributed by atoms with Crippen molar-refractivity contribution < 1.29 is 36.3 Å². The fourth-order valence-corrected chi connectivity index (χ4v) is 4.41. The Bertz CT molecular complexity index is 1660. The van der Waals surface area contributed by atoms with Gasteiger partial charge in [-0.3, -0.25) is 9.78 Å². The number of alkyl halides is 3. The van der Waals surface area contributed by atoms with Crippen molar-refractivity contribution >= 4 is 45.8 Å². The number of anilines is 2. The molecule has 2 heterocycles. The van der Waals surface area contributed by atoms with Gasteiger partial charge in [-0.2, -0.15) is 13.2 Å². The Morgan fingerprint density at radius 1 is 1.00 bits per heavy atom. The molecule has 1 aliphatic heterocycles. The van der Waals surface area contributed by atoms with Crippen molar-refractivity contribution in [2.75, 3.05) is 30.4 Å². The second-order valence-corrected chi connectivity index (χ2v) is 9.41. The number of carbonyl (C=O) groups is 2. The molecular formula is C27H19ClF5N5O3. The monoisotopic (exact) mass is 591 g/mol. The van der Waals surface area contributed by atoms with E-state index in [1.54, 1.807) is 0 Å². The topological polar surface area (TPSA) is 105 Å². The molecule has 0 saturated carbocycles. The number of benzene rings is 3. The maximum atomic E-state index is 14.7. The van der Waals surface area contributed by atoms with Crippen LogP contribution in [-0.4, -0.2) is 41.5 Å². The zero-order valence-electron chi connectivity index (χ0n) is 20.8. The molecule has 1 fully saturated rings. The van der Waals surface area contributed by atoms with E-state index in [2.05, 4.69) is 25.9 Å². The smallest absolute Gasteiger partial charge is 0.378 e. The number of nitrogens with one attached hydrogen (secondary N) is 3. The molecule has 4 aromatic rings. The minimum atomic E-state index is -4.77. The van der Waals surface area contributed by atoms with E-state index in [0.29, 0.717) is 48.6 Å². The minimum Gasteiger partial charge on any atom is -0.378 e. The number of carbonyl (C=O) groups excluding carboxylic acids is 2. The summed E-state index contributed by atoms with van der Waals surface area (Å²) < 4.78 is 73.8. The lowest BCUT2D eigenvalue weighted by Crippen LogP contribution is -2.35. The van der Waals surface area contributed by atoms with E-state index in [4.69, 9.17) is 16.3 Å². The first-order valence-corrected chi connectivity index (χ1v) is 12.4. The highest BCUT2D eigenvalue weighted by molar-refractivity contribution is 6.31. The molecule has 1 unspecified atom stereocenters. The summed E-state index contributed by atoms with van der Waals surface area (Å²) >= 11 is 5.58. The van der Waals surface area contributed by atoms with Gasteiger partial charge in [0.15, 0.2) is 17.4 Å². The van der Waals surface area contributed by atoms with E-state index < -0.39 is 45.8 Å². The number of hydrogen-bond donors (Lipinski definition) is 3. The summed E-state index contributed by atoms with van der Waals surface area (Å²) in [6, 6.07) is 7.31. The quantitative estimate of drug-likeness (QED) is 0.191. The number of urea groups is 1. The number of morpholine rings is 1. The second kappa shape index (κ2) is 11.4. The highest BCUT2D eigenvalue weighted by atomic mass is 35.5. The molecule has 14 heteroatoms. The van der Waals surface area contributed by atoms with Crippen LogP contribution in [0.2, 0.25) is 5.02 Å². The summed E-state index contributed by atoms with van der Waals surface area (Å²) in [4.78, 5) is 34.4. The first-order valence-electron chi connectivity index (χ1n) is 12.1. The lowest BCUT2D eigenvalue weighted by molar-refractivity contribution is -0.137. The minimum absolute atomic E-state index is 0.0144. The van der Waals surface area contributed by atoms with E-state index >= 15 is 0 Å². The van der Waals surface area contributed by atoms with Gasteiger partial charge >= 0.3 is 12.2 Å². The van der Waals surface area contributed by atoms with Crippen LogP contribution in [0.25, 0.3) is 11.0 Å². The molecule has 8 nitrogen and oxygen atoms in total. The highest BCUT2D eigenvalue weighted by Gasteiger charge is 2.33. The van der Waals surface area contributed by atoms with E-state index in [9.17, 15) is 31.5 Å². The summed E-state index contributed by atoms with van der Waals surface area (Å²) in [6.45, 7) is 1.68. The molecular weight excluding hydrogens is 573 g/mol. The number of rotatable bonds is 5. The molecule has 1 aromatic heterocycles. The summed E-state index contributed by atoms with van der Waals surface area (Å²) in [5, 5.41) is 7.03. The molecule has 1 aliphatic rings. The van der Waals surface area contributed by atoms with Crippen LogP contribution in [0, 0.1) is 11.6 Å². The molecule has 1 saturated heterocycles. The van der Waals surface area contributed by atoms with Crippen LogP contribution in [0.3, 0.4) is 0 Å². The molecule has 0 radical (unpaired) electrons. The SMILES string of the molecule is O=C(Nc1cc(F)c(F)c(C(=O)c2ccc3nc(C4COCCN4)cnc3c2)c1)Nc1ccc(Cl)c(C(F)(F)F)c1. The number of ether oxygens (including phenoxy) is 1. The van der Waals surface area contributed by atoms with Gasteiger partial charge in [-0.05, 0) is 42.5 Å². The van der Waals surface area contributed by atoms with E-state index in [1.165, 1.54) is 24.4 Å². The predicted octanol–water partition coefficient (Wildman–Crippen LogP) is 6.12. The van der Waals surface area contributed by atoms with Crippen LogP contribution < -0.4 is 16.0 Å². The zero-order chi connectivity index (χ0) is 29.3. The molecule has 3 aromatic carbocycles. The Morgan fingerprint density at radius 3 is 2.51 bits per heavy atom. The van der Waals surface area contributed by atoms with Crippen molar-refractivity contribution in [3.63, 3.8) is 0 Å². The van der Waals surface area contributed by atoms with Crippen molar-refractivity contribution in [1.82, 2.24) is 15.3 Å². The largest absolute Gasteiger partial charge is 0.417 e. The molecule has 0 bridgehead atoms. The van der Waals surface area contributed by atoms with Gasteiger partial charge in [0, 0.05) is 29.5 Å². The number of hydrogen-bond acceptors (Lipinski definition) is 6. The zero-order valence-corrected chi connectivity index (χ0v) is 21.5. The number of fused-ring (bicyclic) bond motifs is 1. The van der Waals surface area contributed by atoms with Gasteiger partial charge < -0.3 is 20.7 Å². The normalized spacial score (nSPS) is 15.5. The van der Waals surface area contributed by atoms with Gasteiger partial charge in [-0.15, -0.1) is 0 Å². The second-order valence-electron chi connectivity index (χ2n) is 9.00. The van der Waals surface area contributed by atoms with E-state index in [0.717, 1.165) is 18.2 Å². The summed E-state index contributed by atoms with van der Waals surface area (Å²) in [5.74, 6) is -3.77. The van der Waals surface area contributed by atoms with Gasteiger partial charge in [0.2, 0.25) is 0 Å². The fourth-order valence-electron chi connectivity index (χ4n) is 4.19. The van der Waals surface area contributed by atoms with Crippen LogP contribution in [0.4, 0.5) is 38.1 Å². The van der Waals surface area contributed by atoms with Crippen molar-refractivity contribution in [2.45, 2.75) is 12.2 Å². The molecule has 5 rings (SSSR count). The van der Waals surface area contributed by atoms with Gasteiger partial charge in [0.25, 0.3) is 0 Å². The maximum Gasteiger partial charge on any atom is 0.417 e. The van der Waals surface area contributed by atoms with Crippen molar-refractivity contribution in [1.29, 1.82) is 0 Å². The van der Waals surface area contributed by atoms with E-state index in [1.807, 2.05) is 0 Å². The third kappa shape index (κ3) is 6.26. The van der Waals surface area contributed by atoms with Crippen LogP contribution in [0.5, 0.6) is 0 Å². The molecule has 0 spiro atoms. The summed E-state index contributed by atoms with van der Waals surface area (Å²) in [6.07, 6.45) is -3.23. The van der Waals surface area contributed by atoms with Gasteiger partial charge in [-0.1, -0.05) is 11.6 Å². The van der Waals surface area contributed by atoms with Crippen LogP contribution in [0.15, 0.2) is 54.7 Å². The lowest BCUT2D eigenvalue weighted by Gasteiger charge is -2.23. The predicted molar refractivity (Wildman–Crippen MR) is 140 cm³/mol. The van der Waals surface area contributed by atoms with E-state index in [-0.39, 0.29) is 23.0 Å². The average Bonchev–Trinajstić information content (AvgIpc) is 2.94. The van der Waals surface area contributed by atoms with Crippen LogP contribution >= 0.6 is 11.6 Å². The standard InChI is InChI=1S/C27H19ClF5N5O3/c28-18-3-2-14(9-17(18)27(31,32)33)36-26(40)37-15-8-16(24(30)19(29)10-15)25(39)13-1-4-20-21(7-13)35-11-22(38-20)23-12-41-6-5-34-23/h1-4,7-11,23,34H,5-6,12H2,(H2,36,37,40). The molecule has 212 valence electrons. The number of nitrogens with zero attached hydrogens (tertiary/aromatic N) is 2. The van der Waals surface area contributed by atoms with Crippen LogP contribution in [0.1, 0.15) is 33.2 Å². The number of ketones is 1. The van der Waals surface area contributed by atoms with Crippen molar-refractivity contribution in [3.05, 3.63) is 93.8 Å². The van der Waals surface area contributed by atoms with Gasteiger partial charge in [-0.25, -0.2) is 18.6 Å². The highest BCUT2D eigenvalue weighted by Crippen LogP contribution is 2.36. The lowest BCUT2D eigenvalue weighted by atomic mass is 10.0. The molecule has 41 heavy (non-hydrogen) atoms. The fraction of sp³-hybridized carbons (Fsp3) is 0.185. The maximum absolute atomic E-state index is 14.7. The Labute approximate surface area is 233 Å². The Hall–Kier alpha value is -4.20. The third-order valence-electron chi connectivity index (χ3n) is 6.16. The Morgan fingerprint density at radius 2 is 1.78 bits per heavy atom. The summed E-state index contributed by atoms with van der Waals surface area (Å²) in [7, 11) is 0. The Balaban J connectivity index is 1.35. The van der Waals surface area contributed by atoms with Crippen molar-refractivity contribution in [2.24, 2.45) is 0 Å². The van der Waals surface area contributed by atoms with Crippen molar-refractivity contribution in [3.8, 4) is 0 Å². The van der Waals surface area contributed by atoms with Gasteiger partial charge in [0.1, 0.15) is 0 Å². The molecule has 3 N–H and O–H groups in total. The number of aromatic nitrogens is 2. The van der Waals surface area contributed by atoms with Crippen LogP contribution in [-0.2, 0) is 10.9 Å². The average molecular weight is 592 g/mol. The molecule has 1 atom stereocenters. The van der Waals surface area contributed by atoms with Gasteiger partial charge in [0.05, 0.1) is 58.3 Å². The first kappa shape index (κ1) is 28.3. The number of amides is 2. The molecule has 2 amide bonds. The molecule has 0 aliphatic carbocycles. The number of halogens is 6.